The number of rotatable bonds is 6. The number of hydrogen-bond donors (Lipinski definition) is 2. The molecule has 0 fully saturated rings. The minimum absolute atomic E-state index is 0. The van der Waals surface area contributed by atoms with Crippen LogP contribution in [-0.4, -0.2) is 21.8 Å². The normalized spacial score (nSPS) is 10.0. The summed E-state index contributed by atoms with van der Waals surface area (Å²) < 4.78 is 0. The zero-order valence-electron chi connectivity index (χ0n) is 17.1. The number of halogens is 1. The van der Waals surface area contributed by atoms with Crippen molar-refractivity contribution in [3.63, 3.8) is 0 Å². The Balaban J connectivity index is 0.00000289. The lowest BCUT2D eigenvalue weighted by molar-refractivity contribution is 0.101. The summed E-state index contributed by atoms with van der Waals surface area (Å²) in [5.74, 6) is -0.380. The van der Waals surface area contributed by atoms with E-state index in [1.807, 2.05) is 48.5 Å². The second kappa shape index (κ2) is 10.8. The van der Waals surface area contributed by atoms with Crippen LogP contribution in [0.1, 0.15) is 31.8 Å². The van der Waals surface area contributed by atoms with Crippen molar-refractivity contribution in [2.45, 2.75) is 6.42 Å². The quantitative estimate of drug-likeness (QED) is 0.438. The molecule has 0 aliphatic rings. The van der Waals surface area contributed by atoms with Gasteiger partial charge in [-0.2, -0.15) is 0 Å². The molecule has 0 spiro atoms. The van der Waals surface area contributed by atoms with E-state index < -0.39 is 0 Å². The monoisotopic (exact) mass is 444 g/mol. The molecule has 0 bridgehead atoms. The maximum atomic E-state index is 12.2. The Kier molecular flexibility index (Phi) is 7.67. The molecule has 0 radical (unpaired) electrons. The van der Waals surface area contributed by atoms with Gasteiger partial charge in [-0.1, -0.05) is 24.3 Å². The zero-order valence-corrected chi connectivity index (χ0v) is 17.9. The number of amides is 2. The Hall–Kier alpha value is -4.03. The van der Waals surface area contributed by atoms with Crippen LogP contribution in [-0.2, 0) is 6.42 Å². The van der Waals surface area contributed by atoms with Crippen LogP contribution in [0.25, 0.3) is 0 Å². The molecule has 2 aromatic carbocycles. The number of aromatic nitrogens is 2. The number of carbonyl (C=O) groups excluding carboxylic acids is 2. The zero-order chi connectivity index (χ0) is 21.5. The van der Waals surface area contributed by atoms with Crippen LogP contribution in [0.3, 0.4) is 0 Å². The summed E-state index contributed by atoms with van der Waals surface area (Å²) in [6.07, 6.45) is 7.08. The highest BCUT2D eigenvalue weighted by molar-refractivity contribution is 6.04. The topological polar surface area (TPSA) is 84.0 Å². The molecule has 0 saturated heterocycles. The summed E-state index contributed by atoms with van der Waals surface area (Å²) in [6.45, 7) is 0. The number of carbonyl (C=O) groups is 2. The Labute approximate surface area is 192 Å². The predicted octanol–water partition coefficient (Wildman–Crippen LogP) is 4.99. The lowest BCUT2D eigenvalue weighted by Crippen LogP contribution is -2.12. The summed E-state index contributed by atoms with van der Waals surface area (Å²) >= 11 is 0. The Bertz CT molecular complexity index is 1070. The average molecular weight is 445 g/mol. The highest BCUT2D eigenvalue weighted by Gasteiger charge is 2.07. The summed E-state index contributed by atoms with van der Waals surface area (Å²) in [4.78, 5) is 32.3. The van der Waals surface area contributed by atoms with E-state index in [4.69, 9.17) is 0 Å². The van der Waals surface area contributed by atoms with Crippen LogP contribution in [0.5, 0.6) is 0 Å². The van der Waals surface area contributed by atoms with E-state index in [1.165, 1.54) is 12.4 Å². The molecule has 4 aromatic rings. The molecule has 0 atom stereocenters. The first kappa shape index (κ1) is 22.7. The molecule has 0 aliphatic carbocycles. The van der Waals surface area contributed by atoms with E-state index in [1.54, 1.807) is 36.7 Å². The fraction of sp³-hybridized carbons (Fsp3) is 0.0400. The molecular weight excluding hydrogens is 424 g/mol. The van der Waals surface area contributed by atoms with E-state index in [0.29, 0.717) is 11.1 Å². The molecule has 32 heavy (non-hydrogen) atoms. The third-order valence-electron chi connectivity index (χ3n) is 4.68. The van der Waals surface area contributed by atoms with Gasteiger partial charge in [0.25, 0.3) is 11.8 Å². The maximum absolute atomic E-state index is 12.2. The Morgan fingerprint density at radius 1 is 0.625 bits per heavy atom. The molecule has 0 aliphatic heterocycles. The van der Waals surface area contributed by atoms with Gasteiger partial charge in [-0.05, 0) is 66.1 Å². The molecule has 2 N–H and O–H groups in total. The molecular formula is C25H21ClN4O2. The van der Waals surface area contributed by atoms with Gasteiger partial charge < -0.3 is 10.6 Å². The van der Waals surface area contributed by atoms with E-state index in [9.17, 15) is 9.59 Å². The molecule has 0 unspecified atom stereocenters. The lowest BCUT2D eigenvalue weighted by atomic mass is 10.0. The molecule has 2 aromatic heterocycles. The number of anilines is 2. The van der Waals surface area contributed by atoms with Crippen molar-refractivity contribution < 1.29 is 9.59 Å². The minimum Gasteiger partial charge on any atom is -0.322 e. The standard InChI is InChI=1S/C25H20N4O2.ClH/c30-24(20-3-1-13-26-16-20)28-22-9-5-18(6-10-22)15-19-7-11-23(12-8-19)29-25(31)21-4-2-14-27-17-21;/h1-14,16-17H,15H2,(H,28,30)(H,29,31);1H. The van der Waals surface area contributed by atoms with Crippen LogP contribution in [0.15, 0.2) is 97.6 Å². The van der Waals surface area contributed by atoms with Gasteiger partial charge >= 0.3 is 0 Å². The summed E-state index contributed by atoms with van der Waals surface area (Å²) in [5, 5.41) is 5.73. The first-order valence-electron chi connectivity index (χ1n) is 9.78. The molecule has 6 nitrogen and oxygen atoms in total. The minimum atomic E-state index is -0.190. The van der Waals surface area contributed by atoms with Crippen LogP contribution >= 0.6 is 12.4 Å². The van der Waals surface area contributed by atoms with Crippen molar-refractivity contribution in [2.75, 3.05) is 10.6 Å². The fourth-order valence-electron chi connectivity index (χ4n) is 3.05. The van der Waals surface area contributed by atoms with Gasteiger partial charge in [-0.15, -0.1) is 12.4 Å². The van der Waals surface area contributed by atoms with Crippen molar-refractivity contribution >= 4 is 35.6 Å². The van der Waals surface area contributed by atoms with E-state index in [0.717, 1.165) is 28.9 Å². The molecule has 4 rings (SSSR count). The number of nitrogens with zero attached hydrogens (tertiary/aromatic N) is 2. The van der Waals surface area contributed by atoms with Gasteiger partial charge in [-0.3, -0.25) is 19.6 Å². The third kappa shape index (κ3) is 6.00. The summed E-state index contributed by atoms with van der Waals surface area (Å²) in [6, 6.07) is 22.4. The van der Waals surface area contributed by atoms with Gasteiger partial charge in [0, 0.05) is 36.2 Å². The molecule has 0 saturated carbocycles. The SMILES string of the molecule is Cl.O=C(Nc1ccc(Cc2ccc(NC(=O)c3cccnc3)cc2)cc1)c1cccnc1. The first-order valence-corrected chi connectivity index (χ1v) is 9.78. The second-order valence-corrected chi connectivity index (χ2v) is 6.96. The number of hydrogen-bond acceptors (Lipinski definition) is 4. The van der Waals surface area contributed by atoms with Crippen LogP contribution < -0.4 is 10.6 Å². The largest absolute Gasteiger partial charge is 0.322 e. The van der Waals surface area contributed by atoms with Gasteiger partial charge in [0.15, 0.2) is 0 Å². The van der Waals surface area contributed by atoms with E-state index >= 15 is 0 Å². The van der Waals surface area contributed by atoms with Gasteiger partial charge in [-0.25, -0.2) is 0 Å². The van der Waals surface area contributed by atoms with Crippen molar-refractivity contribution in [3.05, 3.63) is 120 Å². The fourth-order valence-corrected chi connectivity index (χ4v) is 3.05. The van der Waals surface area contributed by atoms with Crippen molar-refractivity contribution in [1.82, 2.24) is 9.97 Å². The van der Waals surface area contributed by atoms with Crippen LogP contribution in [0, 0.1) is 0 Å². The second-order valence-electron chi connectivity index (χ2n) is 6.96. The Morgan fingerprint density at radius 3 is 1.38 bits per heavy atom. The third-order valence-corrected chi connectivity index (χ3v) is 4.68. The van der Waals surface area contributed by atoms with E-state index in [-0.39, 0.29) is 24.2 Å². The average Bonchev–Trinajstić information content (AvgIpc) is 2.82. The van der Waals surface area contributed by atoms with Gasteiger partial charge in [0.2, 0.25) is 0 Å². The van der Waals surface area contributed by atoms with Crippen molar-refractivity contribution in [1.29, 1.82) is 0 Å². The van der Waals surface area contributed by atoms with Crippen LogP contribution in [0.2, 0.25) is 0 Å². The van der Waals surface area contributed by atoms with Gasteiger partial charge in [0.1, 0.15) is 0 Å². The van der Waals surface area contributed by atoms with Crippen molar-refractivity contribution in [3.8, 4) is 0 Å². The smallest absolute Gasteiger partial charge is 0.257 e. The van der Waals surface area contributed by atoms with Crippen LogP contribution in [0.4, 0.5) is 11.4 Å². The highest BCUT2D eigenvalue weighted by atomic mass is 35.5. The molecule has 7 heteroatoms. The van der Waals surface area contributed by atoms with E-state index in [2.05, 4.69) is 20.6 Å². The van der Waals surface area contributed by atoms with Gasteiger partial charge in [0.05, 0.1) is 11.1 Å². The first-order chi connectivity index (χ1) is 15.2. The maximum Gasteiger partial charge on any atom is 0.257 e. The number of pyridine rings is 2. The van der Waals surface area contributed by atoms with Crippen molar-refractivity contribution in [2.24, 2.45) is 0 Å². The number of nitrogens with one attached hydrogen (secondary N) is 2. The Morgan fingerprint density at radius 2 is 1.03 bits per heavy atom. The molecule has 2 heterocycles. The summed E-state index contributed by atoms with van der Waals surface area (Å²) in [7, 11) is 0. The predicted molar refractivity (Wildman–Crippen MR) is 127 cm³/mol. The highest BCUT2D eigenvalue weighted by Crippen LogP contribution is 2.17. The summed E-state index contributed by atoms with van der Waals surface area (Å²) in [5.41, 5.74) is 4.72. The molecule has 160 valence electrons. The molecule has 2 amide bonds. The number of benzene rings is 2. The lowest BCUT2D eigenvalue weighted by Gasteiger charge is -2.08.